The third-order valence-corrected chi connectivity index (χ3v) is 6.28. The van der Waals surface area contributed by atoms with Gasteiger partial charge in [-0.1, -0.05) is 47.1 Å². The Hall–Kier alpha value is -3.33. The molecule has 0 unspecified atom stereocenters. The molecular formula is C23H16Cl2N6OS. The van der Waals surface area contributed by atoms with E-state index in [1.54, 1.807) is 24.4 Å². The molecule has 5 rings (SSSR count). The van der Waals surface area contributed by atoms with Crippen LogP contribution in [0.1, 0.15) is 0 Å². The topological polar surface area (TPSA) is 88.5 Å². The Morgan fingerprint density at radius 2 is 1.85 bits per heavy atom. The normalized spacial score (nSPS) is 11.1. The highest BCUT2D eigenvalue weighted by atomic mass is 35.5. The summed E-state index contributed by atoms with van der Waals surface area (Å²) in [4.78, 5) is 12.6. The smallest absolute Gasteiger partial charge is 0.234 e. The zero-order chi connectivity index (χ0) is 22.8. The minimum atomic E-state index is -0.158. The summed E-state index contributed by atoms with van der Waals surface area (Å²) in [7, 11) is 0. The van der Waals surface area contributed by atoms with E-state index in [2.05, 4.69) is 25.7 Å². The van der Waals surface area contributed by atoms with Crippen molar-refractivity contribution in [1.29, 1.82) is 0 Å². The number of aromatic amines is 1. The molecule has 2 aromatic heterocycles. The molecular weight excluding hydrogens is 479 g/mol. The van der Waals surface area contributed by atoms with Gasteiger partial charge < -0.3 is 5.32 Å². The van der Waals surface area contributed by atoms with Gasteiger partial charge in [-0.2, -0.15) is 5.10 Å². The van der Waals surface area contributed by atoms with Crippen LogP contribution >= 0.6 is 35.0 Å². The lowest BCUT2D eigenvalue weighted by molar-refractivity contribution is -0.113. The maximum atomic E-state index is 12.6. The lowest BCUT2D eigenvalue weighted by Crippen LogP contribution is -2.14. The molecule has 3 aromatic carbocycles. The van der Waals surface area contributed by atoms with Crippen molar-refractivity contribution < 1.29 is 4.79 Å². The van der Waals surface area contributed by atoms with Crippen LogP contribution in [0.5, 0.6) is 0 Å². The Balaban J connectivity index is 1.40. The van der Waals surface area contributed by atoms with Crippen LogP contribution in [0, 0.1) is 0 Å². The standard InChI is InChI=1S/C23H16Cl2N6OS/c24-16-5-8-19(9-6-16)31-22(14-2-1-3-17(25)10-14)29-30-23(31)33-13-21(32)27-18-7-4-15-12-26-28-20(15)11-18/h1-12H,13H2,(H,26,28)(H,27,32). The number of nitrogens with one attached hydrogen (secondary N) is 2. The van der Waals surface area contributed by atoms with E-state index in [0.29, 0.717) is 26.7 Å². The molecule has 1 amide bonds. The fraction of sp³-hybridized carbons (Fsp3) is 0.0435. The molecule has 0 fully saturated rings. The maximum Gasteiger partial charge on any atom is 0.234 e. The summed E-state index contributed by atoms with van der Waals surface area (Å²) in [5.41, 5.74) is 3.19. The highest BCUT2D eigenvalue weighted by Gasteiger charge is 2.18. The molecule has 7 nitrogen and oxygen atoms in total. The number of amides is 1. The van der Waals surface area contributed by atoms with E-state index in [9.17, 15) is 4.79 Å². The summed E-state index contributed by atoms with van der Waals surface area (Å²) in [6.45, 7) is 0. The Labute approximate surface area is 203 Å². The van der Waals surface area contributed by atoms with E-state index in [0.717, 1.165) is 22.2 Å². The highest BCUT2D eigenvalue weighted by Crippen LogP contribution is 2.30. The quantitative estimate of drug-likeness (QED) is 0.289. The molecule has 2 N–H and O–H groups in total. The highest BCUT2D eigenvalue weighted by molar-refractivity contribution is 7.99. The average molecular weight is 495 g/mol. The van der Waals surface area contributed by atoms with Gasteiger partial charge in [-0.05, 0) is 54.6 Å². The number of rotatable bonds is 6. The van der Waals surface area contributed by atoms with Crippen molar-refractivity contribution in [2.75, 3.05) is 11.1 Å². The van der Waals surface area contributed by atoms with Gasteiger partial charge in [0.25, 0.3) is 0 Å². The lowest BCUT2D eigenvalue weighted by Gasteiger charge is -2.11. The maximum absolute atomic E-state index is 12.6. The van der Waals surface area contributed by atoms with Gasteiger partial charge in [0.05, 0.1) is 17.5 Å². The van der Waals surface area contributed by atoms with Gasteiger partial charge in [-0.3, -0.25) is 14.5 Å². The second-order valence-electron chi connectivity index (χ2n) is 7.14. The van der Waals surface area contributed by atoms with Gasteiger partial charge in [-0.15, -0.1) is 10.2 Å². The van der Waals surface area contributed by atoms with Gasteiger partial charge in [0.2, 0.25) is 5.91 Å². The molecule has 0 spiro atoms. The van der Waals surface area contributed by atoms with Crippen molar-refractivity contribution in [3.8, 4) is 17.1 Å². The van der Waals surface area contributed by atoms with Crippen molar-refractivity contribution >= 4 is 57.5 Å². The molecule has 33 heavy (non-hydrogen) atoms. The predicted molar refractivity (Wildman–Crippen MR) is 132 cm³/mol. The molecule has 0 radical (unpaired) electrons. The number of thioether (sulfide) groups is 1. The number of hydrogen-bond donors (Lipinski definition) is 2. The molecule has 0 aliphatic heterocycles. The number of nitrogens with zero attached hydrogens (tertiary/aromatic N) is 4. The molecule has 2 heterocycles. The number of aromatic nitrogens is 5. The van der Waals surface area contributed by atoms with Crippen molar-refractivity contribution in [3.63, 3.8) is 0 Å². The van der Waals surface area contributed by atoms with Crippen LogP contribution in [0.25, 0.3) is 28.0 Å². The number of anilines is 1. The van der Waals surface area contributed by atoms with Crippen molar-refractivity contribution in [1.82, 2.24) is 25.0 Å². The van der Waals surface area contributed by atoms with Gasteiger partial charge in [0, 0.05) is 32.4 Å². The molecule has 5 aromatic rings. The van der Waals surface area contributed by atoms with Crippen LogP contribution in [0.4, 0.5) is 5.69 Å². The molecule has 0 atom stereocenters. The number of carbonyl (C=O) groups excluding carboxylic acids is 1. The summed E-state index contributed by atoms with van der Waals surface area (Å²) in [6, 6.07) is 20.3. The van der Waals surface area contributed by atoms with Crippen molar-refractivity contribution in [2.24, 2.45) is 0 Å². The zero-order valence-corrected chi connectivity index (χ0v) is 19.3. The van der Waals surface area contributed by atoms with Gasteiger partial charge in [0.15, 0.2) is 11.0 Å². The number of hydrogen-bond acceptors (Lipinski definition) is 5. The number of benzene rings is 3. The van der Waals surface area contributed by atoms with Crippen LogP contribution in [-0.4, -0.2) is 36.6 Å². The minimum absolute atomic E-state index is 0.155. The summed E-state index contributed by atoms with van der Waals surface area (Å²) >= 11 is 13.6. The molecule has 10 heteroatoms. The molecule has 0 saturated carbocycles. The predicted octanol–water partition coefficient (Wildman–Crippen LogP) is 5.85. The first-order chi connectivity index (χ1) is 16.1. The van der Waals surface area contributed by atoms with E-state index in [1.807, 2.05) is 53.1 Å². The van der Waals surface area contributed by atoms with Crippen LogP contribution in [0.3, 0.4) is 0 Å². The first-order valence-electron chi connectivity index (χ1n) is 9.90. The summed E-state index contributed by atoms with van der Waals surface area (Å²) in [5, 5.41) is 21.3. The monoisotopic (exact) mass is 494 g/mol. The van der Waals surface area contributed by atoms with Crippen molar-refractivity contribution in [2.45, 2.75) is 5.16 Å². The number of H-pyrrole nitrogens is 1. The molecule has 164 valence electrons. The van der Waals surface area contributed by atoms with E-state index < -0.39 is 0 Å². The fourth-order valence-electron chi connectivity index (χ4n) is 3.34. The van der Waals surface area contributed by atoms with Gasteiger partial charge >= 0.3 is 0 Å². The first-order valence-corrected chi connectivity index (χ1v) is 11.6. The van der Waals surface area contributed by atoms with Gasteiger partial charge in [0.1, 0.15) is 0 Å². The third-order valence-electron chi connectivity index (χ3n) is 4.86. The van der Waals surface area contributed by atoms with Crippen LogP contribution in [0.2, 0.25) is 10.0 Å². The van der Waals surface area contributed by atoms with Crippen LogP contribution < -0.4 is 5.32 Å². The SMILES string of the molecule is O=C(CSc1nnc(-c2cccc(Cl)c2)n1-c1ccc(Cl)cc1)Nc1ccc2cn[nH]c2c1. The molecule has 0 aliphatic carbocycles. The second-order valence-corrected chi connectivity index (χ2v) is 8.95. The molecule has 0 bridgehead atoms. The van der Waals surface area contributed by atoms with E-state index in [-0.39, 0.29) is 11.7 Å². The number of carbonyl (C=O) groups is 1. The van der Waals surface area contributed by atoms with Crippen molar-refractivity contribution in [3.05, 3.63) is 83.0 Å². The van der Waals surface area contributed by atoms with Crippen LogP contribution in [-0.2, 0) is 4.79 Å². The largest absolute Gasteiger partial charge is 0.325 e. The number of halogens is 2. The first kappa shape index (κ1) is 21.5. The Morgan fingerprint density at radius 1 is 1.00 bits per heavy atom. The summed E-state index contributed by atoms with van der Waals surface area (Å²) < 4.78 is 1.89. The zero-order valence-electron chi connectivity index (χ0n) is 17.0. The molecule has 0 saturated heterocycles. The lowest BCUT2D eigenvalue weighted by atomic mass is 10.2. The van der Waals surface area contributed by atoms with E-state index >= 15 is 0 Å². The fourth-order valence-corrected chi connectivity index (χ4v) is 4.41. The second kappa shape index (κ2) is 9.27. The summed E-state index contributed by atoms with van der Waals surface area (Å²) in [5.74, 6) is 0.615. The Kier molecular flexibility index (Phi) is 6.04. The third kappa shape index (κ3) is 4.73. The van der Waals surface area contributed by atoms with Gasteiger partial charge in [-0.25, -0.2) is 0 Å². The Bertz CT molecular complexity index is 1450. The minimum Gasteiger partial charge on any atom is -0.325 e. The summed E-state index contributed by atoms with van der Waals surface area (Å²) in [6.07, 6.45) is 1.73. The van der Waals surface area contributed by atoms with E-state index in [1.165, 1.54) is 11.8 Å². The molecule has 0 aliphatic rings. The van der Waals surface area contributed by atoms with E-state index in [4.69, 9.17) is 23.2 Å². The number of fused-ring (bicyclic) bond motifs is 1. The Morgan fingerprint density at radius 3 is 2.67 bits per heavy atom. The van der Waals surface area contributed by atoms with Crippen LogP contribution in [0.15, 0.2) is 78.1 Å². The average Bonchev–Trinajstić information content (AvgIpc) is 3.45.